The van der Waals surface area contributed by atoms with Gasteiger partial charge in [0.05, 0.1) is 18.3 Å². The molecule has 1 fully saturated rings. The van der Waals surface area contributed by atoms with Crippen molar-refractivity contribution in [1.82, 2.24) is 14.8 Å². The highest BCUT2D eigenvalue weighted by Gasteiger charge is 2.34. The second-order valence-electron chi connectivity index (χ2n) is 8.14. The van der Waals surface area contributed by atoms with Crippen molar-refractivity contribution in [1.29, 1.82) is 0 Å². The first-order chi connectivity index (χ1) is 14.5. The Morgan fingerprint density at radius 3 is 2.43 bits per heavy atom. The molecule has 0 saturated carbocycles. The van der Waals surface area contributed by atoms with Crippen LogP contribution in [0.1, 0.15) is 36.1 Å². The molecule has 1 atom stereocenters. The summed E-state index contributed by atoms with van der Waals surface area (Å²) in [5.74, 6) is 0.0579. The fourth-order valence-corrected chi connectivity index (χ4v) is 4.34. The SMILES string of the molecule is CCN1CCN(CC(=O)N2N=C(c3cccc(C)c3)C[C@H]2c2ccc(Cl)cc2)CC1. The Bertz CT molecular complexity index is 919. The molecular formula is C24H29ClN4O. The van der Waals surface area contributed by atoms with Crippen LogP contribution in [0.25, 0.3) is 0 Å². The van der Waals surface area contributed by atoms with Gasteiger partial charge in [-0.3, -0.25) is 9.69 Å². The van der Waals surface area contributed by atoms with E-state index < -0.39 is 0 Å². The van der Waals surface area contributed by atoms with Crippen LogP contribution in [0.5, 0.6) is 0 Å². The van der Waals surface area contributed by atoms with E-state index >= 15 is 0 Å². The largest absolute Gasteiger partial charge is 0.301 e. The third kappa shape index (κ3) is 4.75. The molecule has 158 valence electrons. The van der Waals surface area contributed by atoms with E-state index in [0.717, 1.165) is 49.6 Å². The quantitative estimate of drug-likeness (QED) is 0.729. The Labute approximate surface area is 183 Å². The van der Waals surface area contributed by atoms with E-state index in [9.17, 15) is 4.79 Å². The second-order valence-corrected chi connectivity index (χ2v) is 8.57. The van der Waals surface area contributed by atoms with Gasteiger partial charge in [-0.15, -0.1) is 0 Å². The molecule has 0 aliphatic carbocycles. The molecule has 1 saturated heterocycles. The van der Waals surface area contributed by atoms with Gasteiger partial charge in [0.1, 0.15) is 0 Å². The number of nitrogens with zero attached hydrogens (tertiary/aromatic N) is 4. The first-order valence-corrected chi connectivity index (χ1v) is 11.1. The number of carbonyl (C=O) groups is 1. The van der Waals surface area contributed by atoms with Crippen molar-refractivity contribution in [2.75, 3.05) is 39.3 Å². The van der Waals surface area contributed by atoms with E-state index in [1.807, 2.05) is 30.3 Å². The molecule has 1 amide bonds. The minimum absolute atomic E-state index is 0.0579. The van der Waals surface area contributed by atoms with E-state index in [-0.39, 0.29) is 11.9 Å². The third-order valence-corrected chi connectivity index (χ3v) is 6.29. The predicted octanol–water partition coefficient (Wildman–Crippen LogP) is 3.96. The van der Waals surface area contributed by atoms with Crippen molar-refractivity contribution in [3.05, 3.63) is 70.2 Å². The molecular weight excluding hydrogens is 396 g/mol. The number of likely N-dealkylation sites (N-methyl/N-ethyl adjacent to an activating group) is 1. The normalized spacial score (nSPS) is 20.4. The minimum atomic E-state index is -0.0952. The Kier molecular flexibility index (Phi) is 6.52. The summed E-state index contributed by atoms with van der Waals surface area (Å²) in [7, 11) is 0. The van der Waals surface area contributed by atoms with Crippen molar-refractivity contribution >= 4 is 23.2 Å². The molecule has 6 heteroatoms. The van der Waals surface area contributed by atoms with Gasteiger partial charge in [0.2, 0.25) is 0 Å². The lowest BCUT2D eigenvalue weighted by Gasteiger charge is -2.34. The van der Waals surface area contributed by atoms with Crippen molar-refractivity contribution in [2.45, 2.75) is 26.3 Å². The van der Waals surface area contributed by atoms with E-state index in [0.29, 0.717) is 18.0 Å². The van der Waals surface area contributed by atoms with Crippen LogP contribution >= 0.6 is 11.6 Å². The van der Waals surface area contributed by atoms with Gasteiger partial charge in [-0.2, -0.15) is 5.10 Å². The minimum Gasteiger partial charge on any atom is -0.301 e. The van der Waals surface area contributed by atoms with E-state index in [4.69, 9.17) is 16.7 Å². The summed E-state index contributed by atoms with van der Waals surface area (Å²) in [4.78, 5) is 18.0. The average Bonchev–Trinajstić information content (AvgIpc) is 3.20. The number of hydrogen-bond donors (Lipinski definition) is 0. The lowest BCUT2D eigenvalue weighted by molar-refractivity contribution is -0.134. The maximum atomic E-state index is 13.3. The van der Waals surface area contributed by atoms with Gasteiger partial charge < -0.3 is 4.90 Å². The highest BCUT2D eigenvalue weighted by molar-refractivity contribution is 6.30. The summed E-state index contributed by atoms with van der Waals surface area (Å²) in [5, 5.41) is 7.21. The monoisotopic (exact) mass is 424 g/mol. The zero-order valence-corrected chi connectivity index (χ0v) is 18.5. The molecule has 4 rings (SSSR count). The number of benzene rings is 2. The van der Waals surface area contributed by atoms with Crippen LogP contribution in [-0.4, -0.2) is 65.7 Å². The van der Waals surface area contributed by atoms with Crippen LogP contribution < -0.4 is 0 Å². The Balaban J connectivity index is 1.55. The van der Waals surface area contributed by atoms with Gasteiger partial charge in [-0.25, -0.2) is 5.01 Å². The van der Waals surface area contributed by atoms with Gasteiger partial charge in [0.15, 0.2) is 0 Å². The van der Waals surface area contributed by atoms with Gasteiger partial charge in [-0.1, -0.05) is 60.5 Å². The predicted molar refractivity (Wildman–Crippen MR) is 122 cm³/mol. The molecule has 0 unspecified atom stereocenters. The van der Waals surface area contributed by atoms with E-state index in [1.165, 1.54) is 5.56 Å². The molecule has 0 spiro atoms. The smallest absolute Gasteiger partial charge is 0.257 e. The lowest BCUT2D eigenvalue weighted by Crippen LogP contribution is -2.49. The number of carbonyl (C=O) groups excluding carboxylic acids is 1. The molecule has 5 nitrogen and oxygen atoms in total. The van der Waals surface area contributed by atoms with Gasteiger partial charge in [0.25, 0.3) is 5.91 Å². The van der Waals surface area contributed by atoms with Crippen molar-refractivity contribution in [3.8, 4) is 0 Å². The lowest BCUT2D eigenvalue weighted by atomic mass is 9.97. The maximum absolute atomic E-state index is 13.3. The van der Waals surface area contributed by atoms with Crippen LogP contribution in [0.15, 0.2) is 53.6 Å². The van der Waals surface area contributed by atoms with Crippen LogP contribution in [0.2, 0.25) is 5.02 Å². The topological polar surface area (TPSA) is 39.1 Å². The second kappa shape index (κ2) is 9.29. The molecule has 2 aliphatic heterocycles. The van der Waals surface area contributed by atoms with E-state index in [2.05, 4.69) is 41.8 Å². The van der Waals surface area contributed by atoms with E-state index in [1.54, 1.807) is 5.01 Å². The fraction of sp³-hybridized carbons (Fsp3) is 0.417. The summed E-state index contributed by atoms with van der Waals surface area (Å²) in [6.07, 6.45) is 0.709. The number of halogens is 1. The summed E-state index contributed by atoms with van der Waals surface area (Å²) in [5.41, 5.74) is 4.30. The summed E-state index contributed by atoms with van der Waals surface area (Å²) in [6.45, 7) is 9.62. The number of hydrazone groups is 1. The summed E-state index contributed by atoms with van der Waals surface area (Å²) >= 11 is 6.09. The number of rotatable bonds is 5. The number of hydrogen-bond acceptors (Lipinski definition) is 4. The zero-order chi connectivity index (χ0) is 21.1. The first kappa shape index (κ1) is 21.0. The molecule has 2 aromatic rings. The molecule has 0 N–H and O–H groups in total. The molecule has 2 aliphatic rings. The first-order valence-electron chi connectivity index (χ1n) is 10.7. The highest BCUT2D eigenvalue weighted by atomic mass is 35.5. The molecule has 0 radical (unpaired) electrons. The summed E-state index contributed by atoms with van der Waals surface area (Å²) in [6, 6.07) is 16.0. The van der Waals surface area contributed by atoms with Crippen molar-refractivity contribution < 1.29 is 4.79 Å². The molecule has 2 aromatic carbocycles. The Hall–Kier alpha value is -2.21. The number of aryl methyl sites for hydroxylation is 1. The van der Waals surface area contributed by atoms with Crippen LogP contribution in [0.4, 0.5) is 0 Å². The summed E-state index contributed by atoms with van der Waals surface area (Å²) < 4.78 is 0. The van der Waals surface area contributed by atoms with Gasteiger partial charge in [0, 0.05) is 37.6 Å². The van der Waals surface area contributed by atoms with Gasteiger partial charge >= 0.3 is 0 Å². The Morgan fingerprint density at radius 1 is 1.07 bits per heavy atom. The molecule has 30 heavy (non-hydrogen) atoms. The van der Waals surface area contributed by atoms with Crippen LogP contribution in [0, 0.1) is 6.92 Å². The van der Waals surface area contributed by atoms with Crippen molar-refractivity contribution in [2.24, 2.45) is 5.10 Å². The highest BCUT2D eigenvalue weighted by Crippen LogP contribution is 2.33. The third-order valence-electron chi connectivity index (χ3n) is 6.04. The van der Waals surface area contributed by atoms with Crippen molar-refractivity contribution in [3.63, 3.8) is 0 Å². The van der Waals surface area contributed by atoms with Crippen LogP contribution in [0.3, 0.4) is 0 Å². The fourth-order valence-electron chi connectivity index (χ4n) is 4.21. The zero-order valence-electron chi connectivity index (χ0n) is 17.7. The molecule has 2 heterocycles. The molecule has 0 aromatic heterocycles. The average molecular weight is 425 g/mol. The standard InChI is InChI=1S/C24H29ClN4O/c1-3-27-11-13-28(14-12-27)17-24(30)29-23(19-7-9-21(25)10-8-19)16-22(26-29)20-6-4-5-18(2)15-20/h4-10,15,23H,3,11-14,16-17H2,1-2H3/t23-/m0/s1. The Morgan fingerprint density at radius 2 is 1.77 bits per heavy atom. The van der Waals surface area contributed by atoms with Gasteiger partial charge in [-0.05, 0) is 36.7 Å². The number of amides is 1. The number of piperazine rings is 1. The van der Waals surface area contributed by atoms with Crippen LogP contribution in [-0.2, 0) is 4.79 Å². The molecule has 0 bridgehead atoms. The maximum Gasteiger partial charge on any atom is 0.257 e.